The maximum absolute atomic E-state index is 13.5. The number of carboxylic acids is 1. The molecule has 2 aliphatic heterocycles. The number of carboxylic acid groups (broad SMARTS) is 1. The molecular formula is C33H37N5O9. The highest BCUT2D eigenvalue weighted by atomic mass is 16.6. The summed E-state index contributed by atoms with van der Waals surface area (Å²) in [4.78, 5) is 72.8. The van der Waals surface area contributed by atoms with Crippen LogP contribution in [-0.4, -0.2) is 113 Å². The Hall–Kier alpha value is -5.24. The first kappa shape index (κ1) is 33.1. The number of ether oxygens (including phenoxy) is 2. The van der Waals surface area contributed by atoms with Crippen molar-refractivity contribution >= 4 is 46.4 Å². The van der Waals surface area contributed by atoms with Crippen LogP contribution in [0.2, 0.25) is 0 Å². The molecule has 1 unspecified atom stereocenters. The molecular weight excluding hydrogens is 610 g/mol. The predicted octanol–water partition coefficient (Wildman–Crippen LogP) is 1.83. The van der Waals surface area contributed by atoms with Crippen LogP contribution in [0.1, 0.15) is 35.8 Å². The topological polar surface area (TPSA) is 179 Å². The molecule has 2 aromatic carbocycles. The van der Waals surface area contributed by atoms with Crippen LogP contribution in [0.15, 0.2) is 54.6 Å². The standard InChI is InChI=1S/C33H37N5O9/c1-2-46-33(45)37-15-13-36(14-16-37)32(44)25(11-12-30(41)42)35-31(43)26-18-28(23-8-4-5-9-24(23)34-26)47-20-29(40)38-22(19-39)17-21-7-3-6-10-27(21)38/h3-10,18,22,25,39H,2,11-17,19-20H2,1H3,(H,35,43)(H,41,42)/t22?,25-/m0/s1. The summed E-state index contributed by atoms with van der Waals surface area (Å²) in [7, 11) is 0. The van der Waals surface area contributed by atoms with E-state index in [0.29, 0.717) is 23.0 Å². The molecule has 248 valence electrons. The molecule has 14 heteroatoms. The number of aromatic nitrogens is 1. The Morgan fingerprint density at radius 3 is 2.43 bits per heavy atom. The molecule has 4 amide bonds. The number of nitrogens with zero attached hydrogens (tertiary/aromatic N) is 4. The van der Waals surface area contributed by atoms with Crippen LogP contribution >= 0.6 is 0 Å². The van der Waals surface area contributed by atoms with Gasteiger partial charge in [-0.3, -0.25) is 19.2 Å². The minimum Gasteiger partial charge on any atom is -0.483 e. The molecule has 0 spiro atoms. The third-order valence-corrected chi connectivity index (χ3v) is 8.18. The molecule has 3 N–H and O–H groups in total. The van der Waals surface area contributed by atoms with E-state index in [4.69, 9.17) is 9.47 Å². The van der Waals surface area contributed by atoms with Gasteiger partial charge in [0.25, 0.3) is 11.8 Å². The van der Waals surface area contributed by atoms with Gasteiger partial charge >= 0.3 is 12.1 Å². The summed E-state index contributed by atoms with van der Waals surface area (Å²) in [6, 6.07) is 14.1. The smallest absolute Gasteiger partial charge is 0.409 e. The summed E-state index contributed by atoms with van der Waals surface area (Å²) in [6.07, 6.45) is -0.484. The fourth-order valence-electron chi connectivity index (χ4n) is 5.83. The van der Waals surface area contributed by atoms with Gasteiger partial charge in [-0.05, 0) is 43.5 Å². The second-order valence-electron chi connectivity index (χ2n) is 11.2. The van der Waals surface area contributed by atoms with Gasteiger partial charge in [0.05, 0.1) is 24.8 Å². The summed E-state index contributed by atoms with van der Waals surface area (Å²) >= 11 is 0. The van der Waals surface area contributed by atoms with Crippen LogP contribution in [-0.2, 0) is 25.5 Å². The third kappa shape index (κ3) is 7.60. The quantitative estimate of drug-likeness (QED) is 0.278. The number of aliphatic hydroxyl groups is 1. The number of para-hydroxylation sites is 2. The van der Waals surface area contributed by atoms with Crippen LogP contribution in [0.25, 0.3) is 10.9 Å². The lowest BCUT2D eigenvalue weighted by atomic mass is 10.1. The van der Waals surface area contributed by atoms with Gasteiger partial charge in [0, 0.05) is 49.7 Å². The van der Waals surface area contributed by atoms with Crippen molar-refractivity contribution in [3.8, 4) is 5.75 Å². The van der Waals surface area contributed by atoms with Gasteiger partial charge in [-0.1, -0.05) is 30.3 Å². The fraction of sp³-hybridized carbons (Fsp3) is 0.394. The van der Waals surface area contributed by atoms with Gasteiger partial charge in [-0.2, -0.15) is 0 Å². The van der Waals surface area contributed by atoms with Gasteiger partial charge in [0.2, 0.25) is 5.91 Å². The first-order chi connectivity index (χ1) is 22.7. The monoisotopic (exact) mass is 647 g/mol. The van der Waals surface area contributed by atoms with Crippen molar-refractivity contribution in [1.29, 1.82) is 0 Å². The molecule has 1 aromatic heterocycles. The van der Waals surface area contributed by atoms with Gasteiger partial charge in [-0.25, -0.2) is 9.78 Å². The molecule has 2 aliphatic rings. The Balaban J connectivity index is 1.32. The lowest BCUT2D eigenvalue weighted by Gasteiger charge is -2.35. The average Bonchev–Trinajstić information content (AvgIpc) is 3.47. The Morgan fingerprint density at radius 2 is 1.70 bits per heavy atom. The third-order valence-electron chi connectivity index (χ3n) is 8.18. The number of carbonyl (C=O) groups is 5. The maximum Gasteiger partial charge on any atom is 0.409 e. The Labute approximate surface area is 270 Å². The Bertz CT molecular complexity index is 1660. The van der Waals surface area contributed by atoms with Gasteiger partial charge in [0.1, 0.15) is 17.5 Å². The van der Waals surface area contributed by atoms with Crippen molar-refractivity contribution in [2.24, 2.45) is 0 Å². The molecule has 0 bridgehead atoms. The number of fused-ring (bicyclic) bond motifs is 2. The number of amides is 4. The van der Waals surface area contributed by atoms with Gasteiger partial charge < -0.3 is 39.7 Å². The number of benzene rings is 2. The molecule has 5 rings (SSSR count). The molecule has 3 heterocycles. The van der Waals surface area contributed by atoms with E-state index in [1.54, 1.807) is 31.2 Å². The maximum atomic E-state index is 13.5. The van der Waals surface area contributed by atoms with Crippen LogP contribution in [0.4, 0.5) is 10.5 Å². The number of anilines is 1. The first-order valence-corrected chi connectivity index (χ1v) is 15.5. The second kappa shape index (κ2) is 14.9. The molecule has 0 saturated carbocycles. The van der Waals surface area contributed by atoms with E-state index < -0.39 is 36.0 Å². The SMILES string of the molecule is CCOC(=O)N1CCN(C(=O)[C@H](CCC(=O)O)NC(=O)c2cc(OCC(=O)N3c4ccccc4CC3CO)c3ccccc3n2)CC1. The summed E-state index contributed by atoms with van der Waals surface area (Å²) in [5.41, 5.74) is 1.97. The number of aliphatic hydroxyl groups excluding tert-OH is 1. The molecule has 47 heavy (non-hydrogen) atoms. The summed E-state index contributed by atoms with van der Waals surface area (Å²) in [5, 5.41) is 22.4. The average molecular weight is 648 g/mol. The zero-order chi connectivity index (χ0) is 33.5. The van der Waals surface area contributed by atoms with E-state index in [-0.39, 0.29) is 76.2 Å². The molecule has 3 aromatic rings. The van der Waals surface area contributed by atoms with E-state index in [1.165, 1.54) is 20.8 Å². The molecule has 0 aliphatic carbocycles. The van der Waals surface area contributed by atoms with Crippen molar-refractivity contribution < 1.29 is 43.7 Å². The van der Waals surface area contributed by atoms with Crippen molar-refractivity contribution in [1.82, 2.24) is 20.1 Å². The summed E-state index contributed by atoms with van der Waals surface area (Å²) < 4.78 is 11.0. The number of nitrogens with one attached hydrogen (secondary N) is 1. The fourth-order valence-corrected chi connectivity index (χ4v) is 5.83. The van der Waals surface area contributed by atoms with Gasteiger partial charge in [0.15, 0.2) is 6.61 Å². The highest BCUT2D eigenvalue weighted by molar-refractivity contribution is 6.00. The van der Waals surface area contributed by atoms with Crippen molar-refractivity contribution in [2.75, 3.05) is 50.9 Å². The van der Waals surface area contributed by atoms with E-state index in [2.05, 4.69) is 10.3 Å². The van der Waals surface area contributed by atoms with Crippen LogP contribution < -0.4 is 15.0 Å². The first-order valence-electron chi connectivity index (χ1n) is 15.5. The molecule has 1 fully saturated rings. The highest BCUT2D eigenvalue weighted by Crippen LogP contribution is 2.32. The highest BCUT2D eigenvalue weighted by Gasteiger charge is 2.34. The van der Waals surface area contributed by atoms with Crippen LogP contribution in [0, 0.1) is 0 Å². The second-order valence-corrected chi connectivity index (χ2v) is 11.2. The van der Waals surface area contributed by atoms with E-state index in [1.807, 2.05) is 24.3 Å². The number of carbonyl (C=O) groups excluding carboxylic acids is 4. The number of piperazine rings is 1. The van der Waals surface area contributed by atoms with Crippen LogP contribution in [0.5, 0.6) is 5.75 Å². The summed E-state index contributed by atoms with van der Waals surface area (Å²) in [6.45, 7) is 2.18. The lowest BCUT2D eigenvalue weighted by Crippen LogP contribution is -2.56. The van der Waals surface area contributed by atoms with Gasteiger partial charge in [-0.15, -0.1) is 0 Å². The largest absolute Gasteiger partial charge is 0.483 e. The van der Waals surface area contributed by atoms with Crippen molar-refractivity contribution in [3.63, 3.8) is 0 Å². The predicted molar refractivity (Wildman–Crippen MR) is 169 cm³/mol. The minimum absolute atomic E-state index is 0.0915. The number of hydrogen-bond acceptors (Lipinski definition) is 9. The number of pyridine rings is 1. The van der Waals surface area contributed by atoms with E-state index in [0.717, 1.165) is 5.56 Å². The zero-order valence-electron chi connectivity index (χ0n) is 26.0. The van der Waals surface area contributed by atoms with E-state index >= 15 is 0 Å². The molecule has 14 nitrogen and oxygen atoms in total. The molecule has 1 saturated heterocycles. The lowest BCUT2D eigenvalue weighted by molar-refractivity contribution is -0.138. The Kier molecular flexibility index (Phi) is 10.5. The normalized spacial score (nSPS) is 16.4. The minimum atomic E-state index is -1.17. The van der Waals surface area contributed by atoms with Crippen LogP contribution in [0.3, 0.4) is 0 Å². The summed E-state index contributed by atoms with van der Waals surface area (Å²) in [5.74, 6) is -2.49. The number of rotatable bonds is 11. The van der Waals surface area contributed by atoms with E-state index in [9.17, 15) is 34.2 Å². The number of aliphatic carboxylic acids is 1. The van der Waals surface area contributed by atoms with Crippen molar-refractivity contribution in [3.05, 3.63) is 65.9 Å². The van der Waals surface area contributed by atoms with Crippen molar-refractivity contribution in [2.45, 2.75) is 38.3 Å². The Morgan fingerprint density at radius 1 is 1.00 bits per heavy atom. The molecule has 0 radical (unpaired) electrons. The molecule has 2 atom stereocenters. The zero-order valence-corrected chi connectivity index (χ0v) is 26.0. The number of hydrogen-bond donors (Lipinski definition) is 3.